The molecule has 3 fully saturated rings. The Labute approximate surface area is 166 Å². The van der Waals surface area contributed by atoms with Gasteiger partial charge in [-0.15, -0.1) is 0 Å². The van der Waals surface area contributed by atoms with Gasteiger partial charge < -0.3 is 19.7 Å². The number of carbonyl (C=O) groups is 1. The number of amides is 1. The highest BCUT2D eigenvalue weighted by molar-refractivity contribution is 5.83. The lowest BCUT2D eigenvalue weighted by Gasteiger charge is -2.37. The molecule has 0 bridgehead atoms. The number of rotatable bonds is 4. The molecule has 5 rings (SSSR count). The second-order valence-corrected chi connectivity index (χ2v) is 8.48. The van der Waals surface area contributed by atoms with Crippen molar-refractivity contribution in [3.8, 4) is 11.5 Å². The van der Waals surface area contributed by atoms with E-state index >= 15 is 0 Å². The van der Waals surface area contributed by atoms with Crippen molar-refractivity contribution in [2.75, 3.05) is 19.9 Å². The van der Waals surface area contributed by atoms with Crippen LogP contribution in [0.3, 0.4) is 0 Å². The first kappa shape index (κ1) is 18.2. The molecule has 4 aliphatic rings. The molecule has 0 aromatic heterocycles. The van der Waals surface area contributed by atoms with E-state index in [0.717, 1.165) is 49.4 Å². The first-order valence-electron chi connectivity index (χ1n) is 10.7. The lowest BCUT2D eigenvalue weighted by Crippen LogP contribution is -2.53. The molecular formula is C21H30N4O3. The Bertz CT molecular complexity index is 722. The summed E-state index contributed by atoms with van der Waals surface area (Å²) < 4.78 is 11.0. The third kappa shape index (κ3) is 3.47. The third-order valence-corrected chi connectivity index (χ3v) is 6.74. The summed E-state index contributed by atoms with van der Waals surface area (Å²) in [5.41, 5.74) is 7.79. The quantitative estimate of drug-likeness (QED) is 0.729. The van der Waals surface area contributed by atoms with E-state index in [1.165, 1.54) is 19.3 Å². The number of benzene rings is 1. The highest BCUT2D eigenvalue weighted by atomic mass is 16.7. The van der Waals surface area contributed by atoms with Gasteiger partial charge in [0.25, 0.3) is 0 Å². The van der Waals surface area contributed by atoms with Gasteiger partial charge in [-0.1, -0.05) is 25.3 Å². The summed E-state index contributed by atoms with van der Waals surface area (Å²) in [5.74, 6) is 2.11. The number of ether oxygens (including phenoxy) is 2. The summed E-state index contributed by atoms with van der Waals surface area (Å²) in [5, 5.41) is 3.46. The molecule has 3 atom stereocenters. The van der Waals surface area contributed by atoms with Gasteiger partial charge in [0.15, 0.2) is 11.5 Å². The van der Waals surface area contributed by atoms with E-state index in [4.69, 9.17) is 9.47 Å². The third-order valence-electron chi connectivity index (χ3n) is 6.74. The van der Waals surface area contributed by atoms with E-state index < -0.39 is 0 Å². The first-order valence-corrected chi connectivity index (χ1v) is 10.7. The van der Waals surface area contributed by atoms with E-state index in [1.807, 2.05) is 12.1 Å². The molecule has 3 aliphatic heterocycles. The topological polar surface area (TPSA) is 74.9 Å². The molecule has 1 aromatic rings. The van der Waals surface area contributed by atoms with Gasteiger partial charge in [-0.2, -0.15) is 0 Å². The Kier molecular flexibility index (Phi) is 5.13. The molecule has 7 nitrogen and oxygen atoms in total. The number of carbonyl (C=O) groups excluding carboxylic acids is 1. The summed E-state index contributed by atoms with van der Waals surface area (Å²) in [7, 11) is 0. The molecule has 1 saturated carbocycles. The van der Waals surface area contributed by atoms with Crippen LogP contribution in [-0.4, -0.2) is 48.8 Å². The van der Waals surface area contributed by atoms with Crippen LogP contribution in [0, 0.1) is 5.92 Å². The van der Waals surface area contributed by atoms with Crippen molar-refractivity contribution in [3.63, 3.8) is 0 Å². The van der Waals surface area contributed by atoms with Gasteiger partial charge in [0.05, 0.1) is 0 Å². The number of hydrogen-bond donors (Lipinski definition) is 3. The van der Waals surface area contributed by atoms with Crippen molar-refractivity contribution < 1.29 is 14.3 Å². The van der Waals surface area contributed by atoms with E-state index in [-0.39, 0.29) is 18.7 Å². The predicted molar refractivity (Wildman–Crippen MR) is 105 cm³/mol. The van der Waals surface area contributed by atoms with Crippen LogP contribution in [0.1, 0.15) is 44.1 Å². The van der Waals surface area contributed by atoms with E-state index in [2.05, 4.69) is 27.1 Å². The number of nitrogens with zero attached hydrogens (tertiary/aromatic N) is 1. The molecule has 1 aliphatic carbocycles. The van der Waals surface area contributed by atoms with Crippen LogP contribution in [0.4, 0.5) is 0 Å². The van der Waals surface area contributed by atoms with Crippen molar-refractivity contribution in [1.82, 2.24) is 21.1 Å². The van der Waals surface area contributed by atoms with E-state index in [0.29, 0.717) is 24.5 Å². The molecule has 1 amide bonds. The van der Waals surface area contributed by atoms with Crippen LogP contribution < -0.4 is 25.6 Å². The monoisotopic (exact) mass is 386 g/mol. The Morgan fingerprint density at radius 3 is 2.82 bits per heavy atom. The second-order valence-electron chi connectivity index (χ2n) is 8.48. The van der Waals surface area contributed by atoms with Gasteiger partial charge in [-0.3, -0.25) is 10.2 Å². The zero-order chi connectivity index (χ0) is 18.9. The lowest BCUT2D eigenvalue weighted by atomic mass is 9.87. The average Bonchev–Trinajstić information content (AvgIpc) is 3.38. The number of piperidine rings is 1. The van der Waals surface area contributed by atoms with Crippen molar-refractivity contribution in [3.05, 3.63) is 23.8 Å². The molecule has 2 saturated heterocycles. The zero-order valence-electron chi connectivity index (χ0n) is 16.3. The van der Waals surface area contributed by atoms with Crippen molar-refractivity contribution in [2.24, 2.45) is 5.92 Å². The molecule has 3 unspecified atom stereocenters. The minimum absolute atomic E-state index is 0.159. The highest BCUT2D eigenvalue weighted by Crippen LogP contribution is 2.34. The summed E-state index contributed by atoms with van der Waals surface area (Å²) in [6.45, 7) is 2.81. The molecule has 0 radical (unpaired) electrons. The molecule has 0 spiro atoms. The van der Waals surface area contributed by atoms with Crippen molar-refractivity contribution in [1.29, 1.82) is 0 Å². The molecule has 7 heteroatoms. The maximum absolute atomic E-state index is 13.7. The van der Waals surface area contributed by atoms with Crippen LogP contribution in [0.25, 0.3) is 0 Å². The molecule has 28 heavy (non-hydrogen) atoms. The molecule has 152 valence electrons. The number of fused-ring (bicyclic) bond motifs is 2. The smallest absolute Gasteiger partial charge is 0.242 e. The maximum atomic E-state index is 13.7. The van der Waals surface area contributed by atoms with E-state index in [1.54, 1.807) is 0 Å². The number of nitrogens with one attached hydrogen (secondary N) is 3. The Morgan fingerprint density at radius 2 is 1.93 bits per heavy atom. The standard InChI is InChI=1S/C21H30N4O3/c26-21(20-16-11-22-9-8-17(16)23-24-20)25(15-4-2-1-3-5-15)12-14-6-7-18-19(10-14)28-13-27-18/h6-7,10,15-17,20,22-24H,1-5,8-9,11-13H2. The first-order chi connectivity index (χ1) is 13.8. The average molecular weight is 386 g/mol. The van der Waals surface area contributed by atoms with Gasteiger partial charge in [-0.05, 0) is 43.5 Å². The molecular weight excluding hydrogens is 356 g/mol. The fraction of sp³-hybridized carbons (Fsp3) is 0.667. The Balaban J connectivity index is 1.37. The van der Waals surface area contributed by atoms with Gasteiger partial charge in [0.1, 0.15) is 6.04 Å². The van der Waals surface area contributed by atoms with Gasteiger partial charge in [-0.25, -0.2) is 5.43 Å². The molecule has 3 N–H and O–H groups in total. The van der Waals surface area contributed by atoms with Crippen LogP contribution in [0.15, 0.2) is 18.2 Å². The van der Waals surface area contributed by atoms with Crippen molar-refractivity contribution in [2.45, 2.75) is 63.2 Å². The fourth-order valence-corrected chi connectivity index (χ4v) is 5.16. The minimum Gasteiger partial charge on any atom is -0.454 e. The van der Waals surface area contributed by atoms with Crippen LogP contribution in [0.5, 0.6) is 11.5 Å². The van der Waals surface area contributed by atoms with Gasteiger partial charge in [0, 0.05) is 31.1 Å². The van der Waals surface area contributed by atoms with Crippen LogP contribution in [0.2, 0.25) is 0 Å². The van der Waals surface area contributed by atoms with Crippen LogP contribution >= 0.6 is 0 Å². The summed E-state index contributed by atoms with van der Waals surface area (Å²) in [4.78, 5) is 15.8. The largest absolute Gasteiger partial charge is 0.454 e. The van der Waals surface area contributed by atoms with E-state index in [9.17, 15) is 4.79 Å². The highest BCUT2D eigenvalue weighted by Gasteiger charge is 2.43. The second kappa shape index (κ2) is 7.89. The summed E-state index contributed by atoms with van der Waals surface area (Å²) >= 11 is 0. The van der Waals surface area contributed by atoms with Gasteiger partial charge in [0.2, 0.25) is 12.7 Å². The molecule has 3 heterocycles. The Morgan fingerprint density at radius 1 is 1.07 bits per heavy atom. The number of hydrazine groups is 1. The Hall–Kier alpha value is -1.83. The summed E-state index contributed by atoms with van der Waals surface area (Å²) in [6.07, 6.45) is 6.96. The van der Waals surface area contributed by atoms with Gasteiger partial charge >= 0.3 is 0 Å². The maximum Gasteiger partial charge on any atom is 0.242 e. The summed E-state index contributed by atoms with van der Waals surface area (Å²) in [6, 6.07) is 6.59. The molecule has 1 aromatic carbocycles. The minimum atomic E-state index is -0.159. The van der Waals surface area contributed by atoms with Crippen molar-refractivity contribution >= 4 is 5.91 Å². The normalized spacial score (nSPS) is 29.5. The van der Waals surface area contributed by atoms with Crippen LogP contribution in [-0.2, 0) is 11.3 Å². The SMILES string of the molecule is O=C(C1NNC2CCNCC21)N(Cc1ccc2c(c1)OCO2)C1CCCCC1. The fourth-order valence-electron chi connectivity index (χ4n) is 5.16. The zero-order valence-corrected chi connectivity index (χ0v) is 16.3. The number of hydrogen-bond acceptors (Lipinski definition) is 6. The lowest BCUT2D eigenvalue weighted by molar-refractivity contribution is -0.138. The predicted octanol–water partition coefficient (Wildman–Crippen LogP) is 1.53.